The van der Waals surface area contributed by atoms with Crippen molar-refractivity contribution >= 4 is 5.96 Å². The second kappa shape index (κ2) is 8.00. The van der Waals surface area contributed by atoms with Crippen molar-refractivity contribution in [1.29, 1.82) is 0 Å². The molecule has 1 heterocycles. The molecular formula is C16H21F3N6. The normalized spacial score (nSPS) is 12.3. The van der Waals surface area contributed by atoms with Gasteiger partial charge in [-0.1, -0.05) is 12.1 Å². The quantitative estimate of drug-likeness (QED) is 0.662. The maximum absolute atomic E-state index is 12.6. The fourth-order valence-corrected chi connectivity index (χ4v) is 2.23. The summed E-state index contributed by atoms with van der Waals surface area (Å²) in [4.78, 5) is 10.5. The molecule has 1 aromatic heterocycles. The summed E-state index contributed by atoms with van der Waals surface area (Å²) in [5, 5.41) is 7.15. The number of hydrogen-bond donors (Lipinski definition) is 1. The highest BCUT2D eigenvalue weighted by atomic mass is 19.4. The molecule has 0 atom stereocenters. The smallest absolute Gasteiger partial charge is 0.357 e. The first-order valence-corrected chi connectivity index (χ1v) is 7.79. The van der Waals surface area contributed by atoms with E-state index in [4.69, 9.17) is 0 Å². The van der Waals surface area contributed by atoms with Gasteiger partial charge in [0.05, 0.1) is 5.56 Å². The number of rotatable bonds is 5. The molecule has 0 unspecified atom stereocenters. The van der Waals surface area contributed by atoms with Crippen molar-refractivity contribution in [3.8, 4) is 0 Å². The van der Waals surface area contributed by atoms with Gasteiger partial charge in [0.2, 0.25) is 0 Å². The summed E-state index contributed by atoms with van der Waals surface area (Å²) in [5.74, 6) is 1.36. The second-order valence-corrected chi connectivity index (χ2v) is 5.52. The Bertz CT molecular complexity index is 705. The molecule has 6 nitrogen and oxygen atoms in total. The SMILES string of the molecule is CCNC(=NCc1ncnn1C)N(C)Cc1ccc(C(F)(F)F)cc1. The minimum atomic E-state index is -4.32. The number of alkyl halides is 3. The molecule has 0 aliphatic rings. The average molecular weight is 354 g/mol. The average Bonchev–Trinajstić information content (AvgIpc) is 2.96. The zero-order valence-electron chi connectivity index (χ0n) is 14.4. The molecule has 0 aliphatic carbocycles. The number of aliphatic imine (C=N–C) groups is 1. The van der Waals surface area contributed by atoms with Crippen LogP contribution in [-0.4, -0.2) is 39.2 Å². The predicted octanol–water partition coefficient (Wildman–Crippen LogP) is 2.43. The summed E-state index contributed by atoms with van der Waals surface area (Å²) < 4.78 is 39.5. The van der Waals surface area contributed by atoms with E-state index in [1.165, 1.54) is 18.5 Å². The van der Waals surface area contributed by atoms with Gasteiger partial charge in [0.25, 0.3) is 0 Å². The highest BCUT2D eigenvalue weighted by molar-refractivity contribution is 5.79. The number of halogens is 3. The van der Waals surface area contributed by atoms with Crippen molar-refractivity contribution in [2.45, 2.75) is 26.2 Å². The van der Waals surface area contributed by atoms with Crippen molar-refractivity contribution in [3.05, 3.63) is 47.5 Å². The second-order valence-electron chi connectivity index (χ2n) is 5.52. The Kier molecular flexibility index (Phi) is 6.00. The summed E-state index contributed by atoms with van der Waals surface area (Å²) >= 11 is 0. The molecule has 0 amide bonds. The lowest BCUT2D eigenvalue weighted by molar-refractivity contribution is -0.137. The number of nitrogens with one attached hydrogen (secondary N) is 1. The highest BCUT2D eigenvalue weighted by Crippen LogP contribution is 2.29. The summed E-state index contributed by atoms with van der Waals surface area (Å²) in [5.41, 5.74) is 0.113. The third kappa shape index (κ3) is 5.20. The van der Waals surface area contributed by atoms with Crippen LogP contribution in [0.15, 0.2) is 35.6 Å². The molecule has 0 spiro atoms. The van der Waals surface area contributed by atoms with E-state index in [9.17, 15) is 13.2 Å². The predicted molar refractivity (Wildman–Crippen MR) is 88.7 cm³/mol. The van der Waals surface area contributed by atoms with Gasteiger partial charge in [0.1, 0.15) is 18.7 Å². The van der Waals surface area contributed by atoms with Gasteiger partial charge in [0, 0.05) is 27.2 Å². The third-order valence-corrected chi connectivity index (χ3v) is 3.57. The molecule has 0 aliphatic heterocycles. The number of benzene rings is 1. The van der Waals surface area contributed by atoms with Crippen LogP contribution < -0.4 is 5.32 Å². The van der Waals surface area contributed by atoms with Crippen LogP contribution in [0.4, 0.5) is 13.2 Å². The lowest BCUT2D eigenvalue weighted by Gasteiger charge is -2.22. The Balaban J connectivity index is 2.06. The van der Waals surface area contributed by atoms with Gasteiger partial charge >= 0.3 is 6.18 Å². The van der Waals surface area contributed by atoms with Crippen molar-refractivity contribution in [2.75, 3.05) is 13.6 Å². The van der Waals surface area contributed by atoms with Crippen LogP contribution in [0.2, 0.25) is 0 Å². The fourth-order valence-electron chi connectivity index (χ4n) is 2.23. The van der Waals surface area contributed by atoms with Crippen molar-refractivity contribution in [1.82, 2.24) is 25.0 Å². The molecule has 0 saturated heterocycles. The molecule has 1 N–H and O–H groups in total. The lowest BCUT2D eigenvalue weighted by Crippen LogP contribution is -2.38. The molecule has 0 radical (unpaired) electrons. The largest absolute Gasteiger partial charge is 0.416 e. The van der Waals surface area contributed by atoms with Crippen LogP contribution in [-0.2, 0) is 26.3 Å². The molecule has 136 valence electrons. The fraction of sp³-hybridized carbons (Fsp3) is 0.438. The minimum Gasteiger partial charge on any atom is -0.357 e. The topological polar surface area (TPSA) is 58.3 Å². The number of aryl methyl sites for hydroxylation is 1. The van der Waals surface area contributed by atoms with E-state index >= 15 is 0 Å². The van der Waals surface area contributed by atoms with Crippen LogP contribution in [0, 0.1) is 0 Å². The van der Waals surface area contributed by atoms with Crippen molar-refractivity contribution in [3.63, 3.8) is 0 Å². The van der Waals surface area contributed by atoms with Gasteiger partial charge in [-0.05, 0) is 24.6 Å². The van der Waals surface area contributed by atoms with Gasteiger partial charge in [-0.25, -0.2) is 9.98 Å². The number of hydrogen-bond acceptors (Lipinski definition) is 3. The Morgan fingerprint density at radius 1 is 1.28 bits per heavy atom. The lowest BCUT2D eigenvalue weighted by atomic mass is 10.1. The van der Waals surface area contributed by atoms with E-state index in [0.29, 0.717) is 25.6 Å². The molecule has 2 rings (SSSR count). The molecule has 0 fully saturated rings. The van der Waals surface area contributed by atoms with E-state index in [-0.39, 0.29) is 0 Å². The highest BCUT2D eigenvalue weighted by Gasteiger charge is 2.29. The van der Waals surface area contributed by atoms with Crippen LogP contribution in [0.1, 0.15) is 23.9 Å². The summed E-state index contributed by atoms with van der Waals surface area (Å²) in [6.45, 7) is 3.41. The van der Waals surface area contributed by atoms with Gasteiger partial charge in [-0.3, -0.25) is 4.68 Å². The summed E-state index contributed by atoms with van der Waals surface area (Å²) in [7, 11) is 3.62. The first kappa shape index (κ1) is 18.8. The van der Waals surface area contributed by atoms with E-state index in [2.05, 4.69) is 20.4 Å². The first-order valence-electron chi connectivity index (χ1n) is 7.79. The Hall–Kier alpha value is -2.58. The van der Waals surface area contributed by atoms with Crippen LogP contribution >= 0.6 is 0 Å². The molecule has 0 saturated carbocycles. The number of guanidine groups is 1. The van der Waals surface area contributed by atoms with Gasteiger partial charge in [-0.2, -0.15) is 18.3 Å². The first-order chi connectivity index (χ1) is 11.8. The Labute approximate surface area is 144 Å². The van der Waals surface area contributed by atoms with Crippen LogP contribution in [0.25, 0.3) is 0 Å². The molecule has 2 aromatic rings. The molecule has 1 aromatic carbocycles. The van der Waals surface area contributed by atoms with Gasteiger partial charge in [0.15, 0.2) is 5.96 Å². The monoisotopic (exact) mass is 354 g/mol. The van der Waals surface area contributed by atoms with E-state index in [0.717, 1.165) is 23.5 Å². The van der Waals surface area contributed by atoms with Gasteiger partial charge < -0.3 is 10.2 Å². The molecule has 0 bridgehead atoms. The van der Waals surface area contributed by atoms with Crippen molar-refractivity contribution < 1.29 is 13.2 Å². The van der Waals surface area contributed by atoms with E-state index in [1.54, 1.807) is 11.7 Å². The molecular weight excluding hydrogens is 333 g/mol. The third-order valence-electron chi connectivity index (χ3n) is 3.57. The van der Waals surface area contributed by atoms with Crippen LogP contribution in [0.3, 0.4) is 0 Å². The summed E-state index contributed by atoms with van der Waals surface area (Å²) in [6.07, 6.45) is -2.86. The Morgan fingerprint density at radius 3 is 2.48 bits per heavy atom. The maximum atomic E-state index is 12.6. The van der Waals surface area contributed by atoms with E-state index < -0.39 is 11.7 Å². The number of aromatic nitrogens is 3. The maximum Gasteiger partial charge on any atom is 0.416 e. The number of nitrogens with zero attached hydrogens (tertiary/aromatic N) is 5. The van der Waals surface area contributed by atoms with Crippen molar-refractivity contribution in [2.24, 2.45) is 12.0 Å². The van der Waals surface area contributed by atoms with Crippen LogP contribution in [0.5, 0.6) is 0 Å². The standard InChI is InChI=1S/C16H21F3N6/c1-4-20-15(21-9-14-22-11-23-25(14)3)24(2)10-12-5-7-13(8-6-12)16(17,18)19/h5-8,11H,4,9-10H2,1-3H3,(H,20,21). The zero-order valence-corrected chi connectivity index (χ0v) is 14.4. The summed E-state index contributed by atoms with van der Waals surface area (Å²) in [6, 6.07) is 5.14. The minimum absolute atomic E-state index is 0.357. The molecule has 25 heavy (non-hydrogen) atoms. The Morgan fingerprint density at radius 2 is 1.96 bits per heavy atom. The zero-order chi connectivity index (χ0) is 18.4. The molecule has 9 heteroatoms. The van der Waals surface area contributed by atoms with Gasteiger partial charge in [-0.15, -0.1) is 0 Å². The van der Waals surface area contributed by atoms with E-state index in [1.807, 2.05) is 18.9 Å².